The van der Waals surface area contributed by atoms with Crippen LogP contribution in [0, 0.1) is 5.92 Å². The molecule has 0 aliphatic heterocycles. The Hall–Kier alpha value is -0.900. The molecular formula is C12H19NO2S. The van der Waals surface area contributed by atoms with Gasteiger partial charge in [-0.15, -0.1) is 11.3 Å². The lowest BCUT2D eigenvalue weighted by atomic mass is 10.1. The van der Waals surface area contributed by atoms with Crippen LogP contribution in [0.4, 0.5) is 0 Å². The van der Waals surface area contributed by atoms with E-state index in [9.17, 15) is 4.79 Å². The van der Waals surface area contributed by atoms with Crippen molar-refractivity contribution in [1.29, 1.82) is 0 Å². The number of hydrogen-bond acceptors (Lipinski definition) is 4. The van der Waals surface area contributed by atoms with E-state index in [1.54, 1.807) is 11.3 Å². The SMILES string of the molecule is COC(=O)CCc1csc(CCC(C)C)n1. The van der Waals surface area contributed by atoms with Crippen molar-refractivity contribution in [2.24, 2.45) is 5.92 Å². The number of aryl methyl sites for hydroxylation is 2. The summed E-state index contributed by atoms with van der Waals surface area (Å²) in [4.78, 5) is 15.5. The van der Waals surface area contributed by atoms with Gasteiger partial charge >= 0.3 is 5.97 Å². The zero-order valence-electron chi connectivity index (χ0n) is 10.2. The third-order valence-electron chi connectivity index (χ3n) is 2.35. The molecule has 0 N–H and O–H groups in total. The number of rotatable bonds is 6. The zero-order chi connectivity index (χ0) is 12.0. The minimum atomic E-state index is -0.170. The average molecular weight is 241 g/mol. The Balaban J connectivity index is 2.36. The van der Waals surface area contributed by atoms with Gasteiger partial charge in [0.2, 0.25) is 0 Å². The number of ether oxygens (including phenoxy) is 1. The smallest absolute Gasteiger partial charge is 0.305 e. The minimum absolute atomic E-state index is 0.170. The second-order valence-electron chi connectivity index (χ2n) is 4.24. The van der Waals surface area contributed by atoms with Crippen LogP contribution in [0.2, 0.25) is 0 Å². The number of thiazole rings is 1. The largest absolute Gasteiger partial charge is 0.469 e. The standard InChI is InChI=1S/C12H19NO2S/c1-9(2)4-6-11-13-10(8-16-11)5-7-12(14)15-3/h8-9H,4-7H2,1-3H3. The van der Waals surface area contributed by atoms with Crippen molar-refractivity contribution in [3.8, 4) is 0 Å². The number of aromatic nitrogens is 1. The maximum absolute atomic E-state index is 11.0. The maximum Gasteiger partial charge on any atom is 0.305 e. The van der Waals surface area contributed by atoms with Crippen LogP contribution in [-0.4, -0.2) is 18.1 Å². The van der Waals surface area contributed by atoms with E-state index in [2.05, 4.69) is 23.6 Å². The van der Waals surface area contributed by atoms with Gasteiger partial charge in [-0.05, 0) is 18.8 Å². The van der Waals surface area contributed by atoms with E-state index in [4.69, 9.17) is 0 Å². The van der Waals surface area contributed by atoms with Gasteiger partial charge in [0.25, 0.3) is 0 Å². The van der Waals surface area contributed by atoms with Crippen molar-refractivity contribution >= 4 is 17.3 Å². The van der Waals surface area contributed by atoms with Gasteiger partial charge in [-0.2, -0.15) is 0 Å². The fourth-order valence-electron chi connectivity index (χ4n) is 1.32. The number of carbonyl (C=O) groups excluding carboxylic acids is 1. The van der Waals surface area contributed by atoms with Gasteiger partial charge < -0.3 is 4.74 Å². The lowest BCUT2D eigenvalue weighted by Crippen LogP contribution is -2.02. The van der Waals surface area contributed by atoms with Crippen LogP contribution in [0.3, 0.4) is 0 Å². The summed E-state index contributed by atoms with van der Waals surface area (Å²) < 4.78 is 4.59. The summed E-state index contributed by atoms with van der Waals surface area (Å²) in [5.74, 6) is 0.541. The first kappa shape index (κ1) is 13.2. The molecule has 0 saturated carbocycles. The Morgan fingerprint density at radius 1 is 1.50 bits per heavy atom. The molecule has 0 amide bonds. The number of methoxy groups -OCH3 is 1. The third-order valence-corrected chi connectivity index (χ3v) is 3.31. The molecule has 0 bridgehead atoms. The van der Waals surface area contributed by atoms with Crippen LogP contribution in [0.5, 0.6) is 0 Å². The fourth-order valence-corrected chi connectivity index (χ4v) is 2.17. The topological polar surface area (TPSA) is 39.2 Å². The fraction of sp³-hybridized carbons (Fsp3) is 0.667. The van der Waals surface area contributed by atoms with Gasteiger partial charge in [-0.25, -0.2) is 4.98 Å². The summed E-state index contributed by atoms with van der Waals surface area (Å²) in [6.45, 7) is 4.43. The highest BCUT2D eigenvalue weighted by atomic mass is 32.1. The van der Waals surface area contributed by atoms with Crippen molar-refractivity contribution < 1.29 is 9.53 Å². The molecule has 4 heteroatoms. The highest BCUT2D eigenvalue weighted by Gasteiger charge is 2.06. The van der Waals surface area contributed by atoms with Crippen LogP contribution >= 0.6 is 11.3 Å². The van der Waals surface area contributed by atoms with Gasteiger partial charge in [0.05, 0.1) is 24.2 Å². The molecule has 0 spiro atoms. The van der Waals surface area contributed by atoms with Crippen molar-refractivity contribution in [2.45, 2.75) is 39.5 Å². The Labute approximate surface area is 101 Å². The Bertz CT molecular complexity index is 334. The maximum atomic E-state index is 11.0. The first-order valence-corrected chi connectivity index (χ1v) is 6.50. The average Bonchev–Trinajstić information content (AvgIpc) is 2.71. The van der Waals surface area contributed by atoms with Gasteiger partial charge in [0.15, 0.2) is 0 Å². The first-order valence-electron chi connectivity index (χ1n) is 5.62. The van der Waals surface area contributed by atoms with Crippen molar-refractivity contribution in [3.05, 3.63) is 16.1 Å². The van der Waals surface area contributed by atoms with Crippen LogP contribution in [0.15, 0.2) is 5.38 Å². The van der Waals surface area contributed by atoms with E-state index in [1.165, 1.54) is 18.5 Å². The molecule has 90 valence electrons. The molecule has 0 saturated heterocycles. The van der Waals surface area contributed by atoms with Crippen molar-refractivity contribution in [3.63, 3.8) is 0 Å². The Morgan fingerprint density at radius 3 is 2.88 bits per heavy atom. The highest BCUT2D eigenvalue weighted by molar-refractivity contribution is 7.09. The quantitative estimate of drug-likeness (QED) is 0.719. The zero-order valence-corrected chi connectivity index (χ0v) is 11.0. The summed E-state index contributed by atoms with van der Waals surface area (Å²) >= 11 is 1.69. The molecule has 0 fully saturated rings. The van der Waals surface area contributed by atoms with E-state index in [1.807, 2.05) is 5.38 Å². The van der Waals surface area contributed by atoms with Crippen LogP contribution in [0.1, 0.15) is 37.4 Å². The normalized spacial score (nSPS) is 10.8. The second kappa shape index (κ2) is 6.63. The lowest BCUT2D eigenvalue weighted by Gasteiger charge is -2.00. The van der Waals surface area contributed by atoms with Crippen molar-refractivity contribution in [1.82, 2.24) is 4.98 Å². The van der Waals surface area contributed by atoms with Crippen LogP contribution in [-0.2, 0) is 22.4 Å². The van der Waals surface area contributed by atoms with E-state index in [-0.39, 0.29) is 5.97 Å². The first-order chi connectivity index (χ1) is 7.61. The molecule has 0 unspecified atom stereocenters. The highest BCUT2D eigenvalue weighted by Crippen LogP contribution is 2.15. The molecule has 0 aliphatic rings. The summed E-state index contributed by atoms with van der Waals surface area (Å²) in [7, 11) is 1.41. The molecule has 1 aromatic heterocycles. The van der Waals surface area contributed by atoms with Crippen LogP contribution in [0.25, 0.3) is 0 Å². The van der Waals surface area contributed by atoms with Gasteiger partial charge in [0, 0.05) is 11.8 Å². The molecular weight excluding hydrogens is 222 g/mol. The molecule has 0 radical (unpaired) electrons. The molecule has 1 rings (SSSR count). The van der Waals surface area contributed by atoms with Gasteiger partial charge in [0.1, 0.15) is 0 Å². The Kier molecular flexibility index (Phi) is 5.46. The van der Waals surface area contributed by atoms with E-state index >= 15 is 0 Å². The predicted octanol–water partition coefficient (Wildman–Crippen LogP) is 2.84. The number of esters is 1. The number of hydrogen-bond donors (Lipinski definition) is 0. The second-order valence-corrected chi connectivity index (χ2v) is 5.18. The van der Waals surface area contributed by atoms with Gasteiger partial charge in [-0.3, -0.25) is 4.79 Å². The molecule has 1 aromatic rings. The number of carbonyl (C=O) groups is 1. The predicted molar refractivity (Wildman–Crippen MR) is 65.6 cm³/mol. The number of nitrogens with zero attached hydrogens (tertiary/aromatic N) is 1. The molecule has 16 heavy (non-hydrogen) atoms. The monoisotopic (exact) mass is 241 g/mol. The summed E-state index contributed by atoms with van der Waals surface area (Å²) in [5, 5.41) is 3.21. The van der Waals surface area contributed by atoms with E-state index in [0.29, 0.717) is 18.8 Å². The van der Waals surface area contributed by atoms with E-state index in [0.717, 1.165) is 12.1 Å². The summed E-state index contributed by atoms with van der Waals surface area (Å²) in [6.07, 6.45) is 3.32. The Morgan fingerprint density at radius 2 is 2.25 bits per heavy atom. The molecule has 1 heterocycles. The molecule has 0 atom stereocenters. The van der Waals surface area contributed by atoms with Gasteiger partial charge in [-0.1, -0.05) is 13.8 Å². The summed E-state index contributed by atoms with van der Waals surface area (Å²) in [5.41, 5.74) is 1.01. The van der Waals surface area contributed by atoms with Crippen molar-refractivity contribution in [2.75, 3.05) is 7.11 Å². The molecule has 0 aromatic carbocycles. The van der Waals surface area contributed by atoms with E-state index < -0.39 is 0 Å². The molecule has 0 aliphatic carbocycles. The lowest BCUT2D eigenvalue weighted by molar-refractivity contribution is -0.140. The third kappa shape index (κ3) is 4.75. The molecule has 3 nitrogen and oxygen atoms in total. The van der Waals surface area contributed by atoms with Crippen LogP contribution < -0.4 is 0 Å². The minimum Gasteiger partial charge on any atom is -0.469 e. The summed E-state index contributed by atoms with van der Waals surface area (Å²) in [6, 6.07) is 0.